The number of allylic oxidation sites excluding steroid dienone is 1. The first kappa shape index (κ1) is 34.5. The normalized spacial score (nSPS) is 32.0. The zero-order chi connectivity index (χ0) is 35.3. The molecule has 3 heterocycles. The summed E-state index contributed by atoms with van der Waals surface area (Å²) in [7, 11) is -4.01. The number of nitrogens with zero attached hydrogens (tertiary/aromatic N) is 3. The molecular formula is C33H41FN6O8S. The maximum absolute atomic E-state index is 14.2. The first-order valence-corrected chi connectivity index (χ1v) is 18.0. The van der Waals surface area contributed by atoms with Crippen molar-refractivity contribution < 1.29 is 41.8 Å². The van der Waals surface area contributed by atoms with E-state index in [1.807, 2.05) is 19.1 Å². The van der Waals surface area contributed by atoms with Gasteiger partial charge in [0.05, 0.1) is 28.5 Å². The summed E-state index contributed by atoms with van der Waals surface area (Å²) in [6.07, 6.45) is 5.67. The number of aromatic nitrogens is 2. The molecule has 6 rings (SSSR count). The number of carboxylic acid groups (broad SMARTS) is 1. The number of halogens is 1. The summed E-state index contributed by atoms with van der Waals surface area (Å²) in [6, 6.07) is 1.53. The molecular weight excluding hydrogens is 659 g/mol. The van der Waals surface area contributed by atoms with Crippen LogP contribution in [0.25, 0.3) is 11.0 Å². The standard InChI is InChI=1S/C33H41FN6O8S/c1-18-6-4-5-7-20-15-33(20,30(43)39-49(46,47)32(3)10-11-32)38-28(41)25-14-22(17-40(25)29(42)27(19(2)12-18)37-31(44)45)48-26-16-35-23-9-8-21(34)13-24(23)36-26/h5,7-9,13,16,18-20,22,25,27,37H,4,6,10-12,14-15,17H2,1-3H3,(H,38,41)(H,39,43)(H,44,45)/b7-5-/t18-,19-,20-,22-,25+,27+,33-/m1/s1. The van der Waals surface area contributed by atoms with Crippen LogP contribution in [0, 0.1) is 23.6 Å². The number of rotatable bonds is 6. The number of carbonyl (C=O) groups is 4. The lowest BCUT2D eigenvalue weighted by molar-refractivity contribution is -0.142. The number of carbonyl (C=O) groups excluding carboxylic acids is 3. The van der Waals surface area contributed by atoms with Crippen LogP contribution in [-0.4, -0.2) is 87.2 Å². The Bertz CT molecular complexity index is 1820. The number of hydrogen-bond acceptors (Lipinski definition) is 9. The highest BCUT2D eigenvalue weighted by Gasteiger charge is 2.63. The predicted octanol–water partition coefficient (Wildman–Crippen LogP) is 2.64. The number of nitrogens with one attached hydrogen (secondary N) is 3. The molecule has 4 aliphatic rings. The zero-order valence-corrected chi connectivity index (χ0v) is 28.3. The number of ether oxygens (including phenoxy) is 1. The fourth-order valence-corrected chi connectivity index (χ4v) is 8.24. The monoisotopic (exact) mass is 700 g/mol. The number of sulfonamides is 1. The van der Waals surface area contributed by atoms with Crippen LogP contribution in [-0.2, 0) is 24.4 Å². The van der Waals surface area contributed by atoms with Crippen LogP contribution in [0.1, 0.15) is 65.7 Å². The van der Waals surface area contributed by atoms with E-state index in [0.29, 0.717) is 31.2 Å². The highest BCUT2D eigenvalue weighted by Crippen LogP contribution is 2.47. The van der Waals surface area contributed by atoms with Gasteiger partial charge in [-0.3, -0.25) is 19.1 Å². The topological polar surface area (TPSA) is 197 Å². The molecule has 4 N–H and O–H groups in total. The third kappa shape index (κ3) is 7.05. The molecule has 0 unspecified atom stereocenters. The Kier molecular flexibility index (Phi) is 9.05. The van der Waals surface area contributed by atoms with E-state index in [-0.39, 0.29) is 36.7 Å². The van der Waals surface area contributed by atoms with Crippen molar-refractivity contribution in [3.8, 4) is 5.88 Å². The van der Waals surface area contributed by atoms with Crippen molar-refractivity contribution in [1.82, 2.24) is 30.2 Å². The Morgan fingerprint density at radius 1 is 1.16 bits per heavy atom. The molecule has 1 aromatic heterocycles. The SMILES string of the molecule is C[C@@H]1CC/C=C\[C@@H]2C[C@@]2(C(=O)NS(=O)(=O)C2(C)CC2)NC(=O)[C@@H]2C[C@@H](Oc3cnc4ccc(F)cc4n3)CN2C(=O)[C@@H](NC(=O)O)[C@H](C)C1. The molecule has 2 aliphatic heterocycles. The minimum Gasteiger partial charge on any atom is -0.471 e. The average molecular weight is 701 g/mol. The average Bonchev–Trinajstić information content (AvgIpc) is 3.91. The Balaban J connectivity index is 1.32. The van der Waals surface area contributed by atoms with Crippen LogP contribution in [0.15, 0.2) is 36.5 Å². The summed E-state index contributed by atoms with van der Waals surface area (Å²) in [5.74, 6) is -3.49. The van der Waals surface area contributed by atoms with Gasteiger partial charge in [0.15, 0.2) is 0 Å². The summed E-state index contributed by atoms with van der Waals surface area (Å²) in [6.45, 7) is 5.21. The molecule has 0 radical (unpaired) electrons. The van der Waals surface area contributed by atoms with Crippen LogP contribution >= 0.6 is 0 Å². The summed E-state index contributed by atoms with van der Waals surface area (Å²) in [4.78, 5) is 63.8. The second-order valence-electron chi connectivity index (χ2n) is 14.2. The highest BCUT2D eigenvalue weighted by atomic mass is 32.2. The Hall–Kier alpha value is -4.34. The third-order valence-electron chi connectivity index (χ3n) is 10.3. The second kappa shape index (κ2) is 12.8. The first-order valence-electron chi connectivity index (χ1n) is 16.6. The highest BCUT2D eigenvalue weighted by molar-refractivity contribution is 7.91. The van der Waals surface area contributed by atoms with E-state index in [4.69, 9.17) is 4.74 Å². The van der Waals surface area contributed by atoms with E-state index in [1.54, 1.807) is 13.8 Å². The van der Waals surface area contributed by atoms with E-state index in [9.17, 15) is 37.1 Å². The molecule has 16 heteroatoms. The van der Waals surface area contributed by atoms with Gasteiger partial charge in [0.25, 0.3) is 5.91 Å². The minimum absolute atomic E-state index is 0.0307. The molecule has 1 aromatic carbocycles. The van der Waals surface area contributed by atoms with Crippen LogP contribution < -0.4 is 20.1 Å². The lowest BCUT2D eigenvalue weighted by atomic mass is 9.88. The Labute approximate surface area is 283 Å². The molecule has 2 aromatic rings. The van der Waals surface area contributed by atoms with Gasteiger partial charge in [-0.05, 0) is 69.4 Å². The van der Waals surface area contributed by atoms with E-state index in [2.05, 4.69) is 25.3 Å². The molecule has 4 amide bonds. The smallest absolute Gasteiger partial charge is 0.405 e. The van der Waals surface area contributed by atoms with Gasteiger partial charge < -0.3 is 25.4 Å². The van der Waals surface area contributed by atoms with Gasteiger partial charge in [-0.2, -0.15) is 0 Å². The van der Waals surface area contributed by atoms with Crippen molar-refractivity contribution in [3.05, 3.63) is 42.4 Å². The summed E-state index contributed by atoms with van der Waals surface area (Å²) in [5, 5.41) is 14.8. The van der Waals surface area contributed by atoms with Gasteiger partial charge in [0.2, 0.25) is 27.7 Å². The van der Waals surface area contributed by atoms with E-state index < -0.39 is 80.0 Å². The molecule has 1 saturated heterocycles. The maximum atomic E-state index is 14.2. The Morgan fingerprint density at radius 3 is 2.63 bits per heavy atom. The maximum Gasteiger partial charge on any atom is 0.405 e. The summed E-state index contributed by atoms with van der Waals surface area (Å²) in [5.41, 5.74) is -0.892. The van der Waals surface area contributed by atoms with E-state index in [0.717, 1.165) is 6.42 Å². The summed E-state index contributed by atoms with van der Waals surface area (Å²) < 4.78 is 47.1. The number of fused-ring (bicyclic) bond motifs is 3. The van der Waals surface area contributed by atoms with Gasteiger partial charge in [0, 0.05) is 18.4 Å². The lowest BCUT2D eigenvalue weighted by Crippen LogP contribution is -2.59. The van der Waals surface area contributed by atoms with Gasteiger partial charge in [-0.15, -0.1) is 0 Å². The fraction of sp³-hybridized carbons (Fsp3) is 0.576. The van der Waals surface area contributed by atoms with Crippen molar-refractivity contribution in [2.24, 2.45) is 17.8 Å². The molecule has 2 aliphatic carbocycles. The predicted molar refractivity (Wildman–Crippen MR) is 174 cm³/mol. The van der Waals surface area contributed by atoms with Gasteiger partial charge in [-0.25, -0.2) is 27.6 Å². The zero-order valence-electron chi connectivity index (χ0n) is 27.5. The quantitative estimate of drug-likeness (QED) is 0.325. The number of amides is 4. The molecule has 49 heavy (non-hydrogen) atoms. The largest absolute Gasteiger partial charge is 0.471 e. The van der Waals surface area contributed by atoms with Crippen molar-refractivity contribution in [2.45, 2.75) is 94.2 Å². The number of benzene rings is 1. The molecule has 7 atom stereocenters. The van der Waals surface area contributed by atoms with Crippen molar-refractivity contribution in [1.29, 1.82) is 0 Å². The van der Waals surface area contributed by atoms with Gasteiger partial charge >= 0.3 is 6.09 Å². The Morgan fingerprint density at radius 2 is 1.92 bits per heavy atom. The molecule has 2 saturated carbocycles. The molecule has 14 nitrogen and oxygen atoms in total. The molecule has 0 spiro atoms. The van der Waals surface area contributed by atoms with Crippen LogP contribution in [0.5, 0.6) is 5.88 Å². The van der Waals surface area contributed by atoms with Crippen molar-refractivity contribution in [2.75, 3.05) is 6.54 Å². The third-order valence-corrected chi connectivity index (χ3v) is 12.5. The van der Waals surface area contributed by atoms with Gasteiger partial charge in [-0.1, -0.05) is 26.0 Å². The molecule has 3 fully saturated rings. The molecule has 0 bridgehead atoms. The van der Waals surface area contributed by atoms with Crippen molar-refractivity contribution >= 4 is 44.9 Å². The minimum atomic E-state index is -4.01. The molecule has 264 valence electrons. The lowest BCUT2D eigenvalue weighted by Gasteiger charge is -2.32. The fourth-order valence-electron chi connectivity index (χ4n) is 6.93. The van der Waals surface area contributed by atoms with Crippen LogP contribution in [0.2, 0.25) is 0 Å². The summed E-state index contributed by atoms with van der Waals surface area (Å²) >= 11 is 0. The van der Waals surface area contributed by atoms with Crippen molar-refractivity contribution in [3.63, 3.8) is 0 Å². The first-order chi connectivity index (χ1) is 23.1. The number of hydrogen-bond donors (Lipinski definition) is 4. The van der Waals surface area contributed by atoms with Crippen LogP contribution in [0.3, 0.4) is 0 Å². The van der Waals surface area contributed by atoms with E-state index >= 15 is 0 Å². The van der Waals surface area contributed by atoms with E-state index in [1.165, 1.54) is 29.3 Å². The second-order valence-corrected chi connectivity index (χ2v) is 16.4. The van der Waals surface area contributed by atoms with Gasteiger partial charge in [0.1, 0.15) is 29.5 Å². The van der Waals surface area contributed by atoms with Crippen LogP contribution in [0.4, 0.5) is 9.18 Å².